The molecule has 0 aliphatic heterocycles. The molecular formula is C26H21ClFN5O3S. The van der Waals surface area contributed by atoms with Crippen LogP contribution in [0.4, 0.5) is 9.52 Å². The normalized spacial score (nSPS) is 10.9. The first-order valence-electron chi connectivity index (χ1n) is 11.1. The molecule has 37 heavy (non-hydrogen) atoms. The monoisotopic (exact) mass is 537 g/mol. The van der Waals surface area contributed by atoms with E-state index in [1.165, 1.54) is 12.3 Å². The molecule has 8 nitrogen and oxygen atoms in total. The highest BCUT2D eigenvalue weighted by molar-refractivity contribution is 7.15. The van der Waals surface area contributed by atoms with Crippen molar-refractivity contribution in [2.24, 2.45) is 5.10 Å². The fraction of sp³-hybridized carbons (Fsp3) is 0.115. The van der Waals surface area contributed by atoms with Crippen molar-refractivity contribution >= 4 is 46.1 Å². The van der Waals surface area contributed by atoms with Crippen molar-refractivity contribution in [1.29, 1.82) is 0 Å². The van der Waals surface area contributed by atoms with E-state index >= 15 is 0 Å². The summed E-state index contributed by atoms with van der Waals surface area (Å²) in [6.07, 6.45) is 1.30. The van der Waals surface area contributed by atoms with E-state index in [9.17, 15) is 14.0 Å². The Kier molecular flexibility index (Phi) is 8.55. The molecule has 0 aliphatic rings. The molecular weight excluding hydrogens is 517 g/mol. The second kappa shape index (κ2) is 12.2. The van der Waals surface area contributed by atoms with Crippen LogP contribution in [0.1, 0.15) is 32.1 Å². The molecule has 0 fully saturated rings. The predicted octanol–water partition coefficient (Wildman–Crippen LogP) is 5.16. The van der Waals surface area contributed by atoms with Crippen LogP contribution in [-0.4, -0.2) is 28.2 Å². The molecule has 3 aromatic carbocycles. The van der Waals surface area contributed by atoms with E-state index in [0.29, 0.717) is 32.5 Å². The molecule has 0 unspecified atom stereocenters. The third-order valence-electron chi connectivity index (χ3n) is 5.02. The first-order valence-corrected chi connectivity index (χ1v) is 12.2. The number of benzene rings is 3. The molecule has 0 saturated carbocycles. The van der Waals surface area contributed by atoms with Crippen LogP contribution in [0.5, 0.6) is 5.75 Å². The fourth-order valence-corrected chi connectivity index (χ4v) is 4.04. The maximum atomic E-state index is 13.9. The molecule has 0 saturated heterocycles. The minimum atomic E-state index is -0.431. The summed E-state index contributed by atoms with van der Waals surface area (Å²) in [5, 5.41) is 15.6. The molecule has 0 aliphatic carbocycles. The maximum absolute atomic E-state index is 13.9. The predicted molar refractivity (Wildman–Crippen MR) is 141 cm³/mol. The van der Waals surface area contributed by atoms with E-state index in [4.69, 9.17) is 16.3 Å². The second-order valence-corrected chi connectivity index (χ2v) is 9.35. The SMILES string of the molecule is Cc1ccc(C(=O)Nc2nnc(CC(=O)N/N=C\c3cc(Cl)ccc3OCc3ccccc3F)s2)cc1. The van der Waals surface area contributed by atoms with E-state index in [2.05, 4.69) is 26.0 Å². The quantitative estimate of drug-likeness (QED) is 0.226. The largest absolute Gasteiger partial charge is 0.488 e. The molecule has 4 aromatic rings. The number of carbonyl (C=O) groups excluding carboxylic acids is 2. The van der Waals surface area contributed by atoms with Gasteiger partial charge in [0.15, 0.2) is 0 Å². The summed E-state index contributed by atoms with van der Waals surface area (Å²) in [6.45, 7) is 1.95. The summed E-state index contributed by atoms with van der Waals surface area (Å²) in [7, 11) is 0. The van der Waals surface area contributed by atoms with Gasteiger partial charge >= 0.3 is 0 Å². The van der Waals surface area contributed by atoms with Crippen molar-refractivity contribution < 1.29 is 18.7 Å². The molecule has 2 amide bonds. The number of aryl methyl sites for hydroxylation is 1. The smallest absolute Gasteiger partial charge is 0.257 e. The summed E-state index contributed by atoms with van der Waals surface area (Å²) >= 11 is 7.18. The van der Waals surface area contributed by atoms with E-state index in [0.717, 1.165) is 16.9 Å². The van der Waals surface area contributed by atoms with Gasteiger partial charge in [0.25, 0.3) is 5.91 Å². The van der Waals surface area contributed by atoms with Crippen LogP contribution in [0.25, 0.3) is 0 Å². The number of aromatic nitrogens is 2. The van der Waals surface area contributed by atoms with E-state index in [1.54, 1.807) is 48.5 Å². The lowest BCUT2D eigenvalue weighted by molar-refractivity contribution is -0.120. The number of ether oxygens (including phenoxy) is 1. The summed E-state index contributed by atoms with van der Waals surface area (Å²) in [5.74, 6) is -0.691. The highest BCUT2D eigenvalue weighted by Crippen LogP contribution is 2.23. The number of carbonyl (C=O) groups is 2. The Morgan fingerprint density at radius 2 is 1.89 bits per heavy atom. The standard InChI is InChI=1S/C26H21ClFN5O3S/c1-16-6-8-17(9-7-16)25(35)30-26-33-32-24(37-26)13-23(34)31-29-14-19-12-20(27)10-11-22(19)36-15-18-4-2-3-5-21(18)28/h2-12,14H,13,15H2,1H3,(H,31,34)(H,30,33,35)/b29-14-. The molecule has 11 heteroatoms. The molecule has 1 heterocycles. The first-order chi connectivity index (χ1) is 17.9. The van der Waals surface area contributed by atoms with Crippen molar-refractivity contribution in [2.75, 3.05) is 5.32 Å². The van der Waals surface area contributed by atoms with Crippen molar-refractivity contribution in [3.63, 3.8) is 0 Å². The van der Waals surface area contributed by atoms with Gasteiger partial charge in [-0.15, -0.1) is 10.2 Å². The zero-order valence-corrected chi connectivity index (χ0v) is 21.1. The van der Waals surface area contributed by atoms with Gasteiger partial charge in [0.1, 0.15) is 23.2 Å². The van der Waals surface area contributed by atoms with E-state index in [1.807, 2.05) is 19.1 Å². The lowest BCUT2D eigenvalue weighted by atomic mass is 10.1. The molecule has 0 bridgehead atoms. The summed E-state index contributed by atoms with van der Waals surface area (Å²) in [6, 6.07) is 18.3. The van der Waals surface area contributed by atoms with E-state index in [-0.39, 0.29) is 29.9 Å². The topological polar surface area (TPSA) is 106 Å². The Labute approximate surface area is 221 Å². The highest BCUT2D eigenvalue weighted by Gasteiger charge is 2.13. The summed E-state index contributed by atoms with van der Waals surface area (Å²) in [5.41, 5.74) is 4.86. The average Bonchev–Trinajstić information content (AvgIpc) is 3.31. The van der Waals surface area contributed by atoms with Gasteiger partial charge in [0.05, 0.1) is 12.6 Å². The number of anilines is 1. The van der Waals surface area contributed by atoms with Gasteiger partial charge in [0.2, 0.25) is 11.0 Å². The first kappa shape index (κ1) is 25.9. The number of hydrogen-bond donors (Lipinski definition) is 2. The Hall–Kier alpha value is -4.15. The summed E-state index contributed by atoms with van der Waals surface area (Å²) < 4.78 is 19.6. The molecule has 2 N–H and O–H groups in total. The zero-order valence-electron chi connectivity index (χ0n) is 19.6. The molecule has 0 radical (unpaired) electrons. The number of amides is 2. The van der Waals surface area contributed by atoms with Crippen LogP contribution in [0.15, 0.2) is 71.8 Å². The van der Waals surface area contributed by atoms with Gasteiger partial charge in [-0.25, -0.2) is 9.82 Å². The average molecular weight is 538 g/mol. The molecule has 4 rings (SSSR count). The van der Waals surface area contributed by atoms with Crippen LogP contribution in [-0.2, 0) is 17.8 Å². The number of nitrogens with one attached hydrogen (secondary N) is 2. The fourth-order valence-electron chi connectivity index (χ4n) is 3.12. The van der Waals surface area contributed by atoms with Crippen molar-refractivity contribution in [1.82, 2.24) is 15.6 Å². The Morgan fingerprint density at radius 3 is 2.68 bits per heavy atom. The van der Waals surface area contributed by atoms with Crippen LogP contribution in [0, 0.1) is 12.7 Å². The van der Waals surface area contributed by atoms with Crippen LogP contribution < -0.4 is 15.5 Å². The number of nitrogens with zero attached hydrogens (tertiary/aromatic N) is 3. The Bertz CT molecular complexity index is 1440. The van der Waals surface area contributed by atoms with Gasteiger partial charge in [-0.05, 0) is 43.3 Å². The van der Waals surface area contributed by atoms with Crippen molar-refractivity contribution in [3.8, 4) is 5.75 Å². The van der Waals surface area contributed by atoms with Gasteiger partial charge in [0, 0.05) is 21.7 Å². The Balaban J connectivity index is 1.32. The van der Waals surface area contributed by atoms with Crippen molar-refractivity contribution in [2.45, 2.75) is 20.0 Å². The molecule has 188 valence electrons. The van der Waals surface area contributed by atoms with Gasteiger partial charge in [-0.1, -0.05) is 58.8 Å². The molecule has 0 spiro atoms. The second-order valence-electron chi connectivity index (χ2n) is 7.85. The van der Waals surface area contributed by atoms with E-state index < -0.39 is 5.91 Å². The van der Waals surface area contributed by atoms with Crippen LogP contribution in [0.3, 0.4) is 0 Å². The lowest BCUT2D eigenvalue weighted by Gasteiger charge is -2.10. The zero-order chi connectivity index (χ0) is 26.2. The van der Waals surface area contributed by atoms with Crippen molar-refractivity contribution in [3.05, 3.63) is 105 Å². The molecule has 1 aromatic heterocycles. The third-order valence-corrected chi connectivity index (χ3v) is 6.09. The minimum absolute atomic E-state index is 0.0152. The number of hydrazone groups is 1. The number of halogens is 2. The highest BCUT2D eigenvalue weighted by atomic mass is 35.5. The van der Waals surface area contributed by atoms with Gasteiger partial charge in [-0.2, -0.15) is 5.10 Å². The van der Waals surface area contributed by atoms with Crippen LogP contribution in [0.2, 0.25) is 5.02 Å². The molecule has 0 atom stereocenters. The lowest BCUT2D eigenvalue weighted by Crippen LogP contribution is -2.19. The Morgan fingerprint density at radius 1 is 1.11 bits per heavy atom. The number of hydrogen-bond acceptors (Lipinski definition) is 7. The summed E-state index contributed by atoms with van der Waals surface area (Å²) in [4.78, 5) is 24.6. The maximum Gasteiger partial charge on any atom is 0.257 e. The van der Waals surface area contributed by atoms with Gasteiger partial charge in [-0.3, -0.25) is 14.9 Å². The number of rotatable bonds is 9. The van der Waals surface area contributed by atoms with Gasteiger partial charge < -0.3 is 4.74 Å². The third kappa shape index (κ3) is 7.42. The minimum Gasteiger partial charge on any atom is -0.488 e. The van der Waals surface area contributed by atoms with Crippen LogP contribution >= 0.6 is 22.9 Å².